The molecule has 64 valence electrons. The van der Waals surface area contributed by atoms with E-state index in [1.165, 1.54) is 11.1 Å². The molecule has 0 aliphatic rings. The van der Waals surface area contributed by atoms with Crippen molar-refractivity contribution in [2.24, 2.45) is 0 Å². The van der Waals surface area contributed by atoms with Gasteiger partial charge in [-0.15, -0.1) is 0 Å². The van der Waals surface area contributed by atoms with Crippen LogP contribution in [0.15, 0.2) is 18.2 Å². The van der Waals surface area contributed by atoms with E-state index in [2.05, 4.69) is 37.4 Å². The van der Waals surface area contributed by atoms with Crippen LogP contribution in [0.5, 0.6) is 0 Å². The SMILES string of the molecule is CCc1cccc(C)c1NC=S. The van der Waals surface area contributed by atoms with Crippen molar-refractivity contribution >= 4 is 23.4 Å². The van der Waals surface area contributed by atoms with Gasteiger partial charge in [0, 0.05) is 5.69 Å². The summed E-state index contributed by atoms with van der Waals surface area (Å²) in [5.41, 5.74) is 5.28. The molecule has 0 radical (unpaired) electrons. The number of para-hydroxylation sites is 1. The number of benzene rings is 1. The lowest BCUT2D eigenvalue weighted by atomic mass is 10.1. The van der Waals surface area contributed by atoms with Gasteiger partial charge in [-0.2, -0.15) is 0 Å². The predicted octanol–water partition coefficient (Wildman–Crippen LogP) is 2.93. The van der Waals surface area contributed by atoms with Crippen LogP contribution in [0.4, 0.5) is 5.69 Å². The first-order valence-electron chi connectivity index (χ1n) is 4.08. The monoisotopic (exact) mass is 179 g/mol. The molecule has 0 aromatic heterocycles. The van der Waals surface area contributed by atoms with E-state index in [1.54, 1.807) is 5.49 Å². The van der Waals surface area contributed by atoms with E-state index in [0.29, 0.717) is 0 Å². The van der Waals surface area contributed by atoms with Crippen molar-refractivity contribution in [2.45, 2.75) is 20.3 Å². The van der Waals surface area contributed by atoms with E-state index in [-0.39, 0.29) is 0 Å². The first kappa shape index (κ1) is 9.20. The van der Waals surface area contributed by atoms with Crippen LogP contribution in [0.25, 0.3) is 0 Å². The topological polar surface area (TPSA) is 12.0 Å². The van der Waals surface area contributed by atoms with Crippen molar-refractivity contribution in [1.82, 2.24) is 0 Å². The standard InChI is InChI=1S/C10H13NS/c1-3-9-6-4-5-8(2)10(9)11-7-12/h4-7H,3H2,1-2H3,(H,11,12). The lowest BCUT2D eigenvalue weighted by Crippen LogP contribution is -1.99. The third kappa shape index (κ3) is 1.83. The molecular weight excluding hydrogens is 166 g/mol. The summed E-state index contributed by atoms with van der Waals surface area (Å²) in [6.07, 6.45) is 1.03. The molecule has 0 amide bonds. The Morgan fingerprint density at radius 1 is 1.50 bits per heavy atom. The Labute approximate surface area is 78.8 Å². The van der Waals surface area contributed by atoms with Crippen LogP contribution >= 0.6 is 12.2 Å². The van der Waals surface area contributed by atoms with Gasteiger partial charge in [0.05, 0.1) is 5.49 Å². The Hall–Kier alpha value is -0.890. The zero-order chi connectivity index (χ0) is 8.97. The second-order valence-electron chi connectivity index (χ2n) is 2.72. The molecular formula is C10H13NS. The molecule has 0 unspecified atom stereocenters. The minimum atomic E-state index is 1.03. The summed E-state index contributed by atoms with van der Waals surface area (Å²) in [5, 5.41) is 3.09. The zero-order valence-electron chi connectivity index (χ0n) is 7.42. The molecule has 1 N–H and O–H groups in total. The van der Waals surface area contributed by atoms with Crippen LogP contribution < -0.4 is 5.32 Å². The van der Waals surface area contributed by atoms with Gasteiger partial charge in [0.25, 0.3) is 0 Å². The second-order valence-corrected chi connectivity index (χ2v) is 2.96. The fourth-order valence-corrected chi connectivity index (χ4v) is 1.41. The maximum Gasteiger partial charge on any atom is 0.0659 e. The number of hydrogen-bond acceptors (Lipinski definition) is 1. The fourth-order valence-electron chi connectivity index (χ4n) is 1.29. The zero-order valence-corrected chi connectivity index (χ0v) is 8.24. The minimum absolute atomic E-state index is 1.03. The molecule has 0 aliphatic carbocycles. The van der Waals surface area contributed by atoms with E-state index in [9.17, 15) is 0 Å². The Kier molecular flexibility index (Phi) is 3.23. The molecule has 0 bridgehead atoms. The summed E-state index contributed by atoms with van der Waals surface area (Å²) < 4.78 is 0. The highest BCUT2D eigenvalue weighted by atomic mass is 32.1. The molecule has 1 aromatic carbocycles. The van der Waals surface area contributed by atoms with Gasteiger partial charge in [0.15, 0.2) is 0 Å². The molecule has 0 atom stereocenters. The normalized spacial score (nSPS) is 9.50. The van der Waals surface area contributed by atoms with Crippen molar-refractivity contribution in [3.63, 3.8) is 0 Å². The van der Waals surface area contributed by atoms with Crippen LogP contribution in [0.1, 0.15) is 18.1 Å². The molecule has 2 heteroatoms. The van der Waals surface area contributed by atoms with E-state index in [0.717, 1.165) is 12.1 Å². The number of aryl methyl sites for hydroxylation is 2. The van der Waals surface area contributed by atoms with Crippen molar-refractivity contribution in [2.75, 3.05) is 5.32 Å². The molecule has 1 rings (SSSR count). The number of thiocarbonyl (C=S) groups is 1. The van der Waals surface area contributed by atoms with Crippen LogP contribution in [0, 0.1) is 6.92 Å². The highest BCUT2D eigenvalue weighted by molar-refractivity contribution is 7.79. The Bertz CT molecular complexity index is 281. The van der Waals surface area contributed by atoms with Gasteiger partial charge in [0.2, 0.25) is 0 Å². The van der Waals surface area contributed by atoms with Gasteiger partial charge < -0.3 is 5.32 Å². The maximum absolute atomic E-state index is 4.77. The number of nitrogens with one attached hydrogen (secondary N) is 1. The van der Waals surface area contributed by atoms with Crippen LogP contribution in [0.3, 0.4) is 0 Å². The fraction of sp³-hybridized carbons (Fsp3) is 0.300. The highest BCUT2D eigenvalue weighted by Crippen LogP contribution is 2.19. The average molecular weight is 179 g/mol. The van der Waals surface area contributed by atoms with Gasteiger partial charge in [-0.05, 0) is 24.5 Å². The molecule has 0 saturated carbocycles. The Morgan fingerprint density at radius 2 is 2.25 bits per heavy atom. The lowest BCUT2D eigenvalue weighted by molar-refractivity contribution is 1.14. The maximum atomic E-state index is 4.77. The molecule has 1 aromatic rings. The summed E-state index contributed by atoms with van der Waals surface area (Å²) in [7, 11) is 0. The quantitative estimate of drug-likeness (QED) is 0.716. The number of anilines is 1. The average Bonchev–Trinajstić information content (AvgIpc) is 2.09. The molecule has 0 aliphatic heterocycles. The van der Waals surface area contributed by atoms with Gasteiger partial charge in [0.1, 0.15) is 0 Å². The second kappa shape index (κ2) is 4.21. The van der Waals surface area contributed by atoms with Gasteiger partial charge in [-0.25, -0.2) is 0 Å². The molecule has 0 fully saturated rings. The summed E-state index contributed by atoms with van der Waals surface area (Å²) in [6, 6.07) is 6.28. The molecule has 1 nitrogen and oxygen atoms in total. The summed E-state index contributed by atoms with van der Waals surface area (Å²) in [6.45, 7) is 4.23. The Morgan fingerprint density at radius 3 is 2.83 bits per heavy atom. The highest BCUT2D eigenvalue weighted by Gasteiger charge is 2.00. The first-order valence-corrected chi connectivity index (χ1v) is 4.55. The molecule has 0 spiro atoms. The van der Waals surface area contributed by atoms with E-state index >= 15 is 0 Å². The van der Waals surface area contributed by atoms with E-state index in [4.69, 9.17) is 12.2 Å². The van der Waals surface area contributed by atoms with Crippen LogP contribution in [-0.2, 0) is 6.42 Å². The van der Waals surface area contributed by atoms with Crippen LogP contribution in [-0.4, -0.2) is 5.49 Å². The van der Waals surface area contributed by atoms with E-state index in [1.807, 2.05) is 0 Å². The largest absolute Gasteiger partial charge is 0.352 e. The van der Waals surface area contributed by atoms with Gasteiger partial charge in [-0.1, -0.05) is 37.3 Å². The smallest absolute Gasteiger partial charge is 0.0659 e. The summed E-state index contributed by atoms with van der Waals surface area (Å²) in [5.74, 6) is 0. The Balaban J connectivity index is 3.10. The van der Waals surface area contributed by atoms with Crippen molar-refractivity contribution in [1.29, 1.82) is 0 Å². The summed E-state index contributed by atoms with van der Waals surface area (Å²) >= 11 is 4.77. The predicted molar refractivity (Wildman–Crippen MR) is 57.8 cm³/mol. The minimum Gasteiger partial charge on any atom is -0.352 e. The summed E-state index contributed by atoms with van der Waals surface area (Å²) in [4.78, 5) is 0. The van der Waals surface area contributed by atoms with Crippen molar-refractivity contribution in [3.8, 4) is 0 Å². The lowest BCUT2D eigenvalue weighted by Gasteiger charge is -2.09. The molecule has 12 heavy (non-hydrogen) atoms. The molecule has 0 saturated heterocycles. The first-order chi connectivity index (χ1) is 5.79. The molecule has 0 heterocycles. The van der Waals surface area contributed by atoms with E-state index < -0.39 is 0 Å². The number of rotatable bonds is 3. The van der Waals surface area contributed by atoms with Crippen LogP contribution in [0.2, 0.25) is 0 Å². The van der Waals surface area contributed by atoms with Crippen molar-refractivity contribution in [3.05, 3.63) is 29.3 Å². The van der Waals surface area contributed by atoms with Gasteiger partial charge >= 0.3 is 0 Å². The van der Waals surface area contributed by atoms with Gasteiger partial charge in [-0.3, -0.25) is 0 Å². The number of hydrogen-bond donors (Lipinski definition) is 1. The van der Waals surface area contributed by atoms with Crippen molar-refractivity contribution < 1.29 is 0 Å². The third-order valence-corrected chi connectivity index (χ3v) is 2.06. The third-order valence-electron chi connectivity index (χ3n) is 1.94.